The third-order valence-corrected chi connectivity index (χ3v) is 15.3. The molecule has 83 heavy (non-hydrogen) atoms. The Morgan fingerprint density at radius 2 is 1.35 bits per heavy atom. The van der Waals surface area contributed by atoms with Gasteiger partial charge in [-0.15, -0.1) is 0 Å². The van der Waals surface area contributed by atoms with E-state index >= 15 is 0 Å². The number of aliphatic hydroxyl groups is 1. The summed E-state index contributed by atoms with van der Waals surface area (Å²) in [4.78, 5) is 100. The monoisotopic (exact) mass is 1190 g/mol. The normalized spacial score (nSPS) is 17.7. The number of likely N-dealkylation sites (tertiary alicyclic amines) is 1. The van der Waals surface area contributed by atoms with E-state index in [1.165, 1.54) is 0 Å². The van der Waals surface area contributed by atoms with Gasteiger partial charge in [-0.2, -0.15) is 5.10 Å². The van der Waals surface area contributed by atoms with Crippen LogP contribution in [0.3, 0.4) is 0 Å². The summed E-state index contributed by atoms with van der Waals surface area (Å²) in [5.74, 6) is -1.96. The highest BCUT2D eigenvalue weighted by Gasteiger charge is 2.40. The Kier molecular flexibility index (Phi) is 23.2. The standard InChI is InChI=1S/C56H71Cl2N11O12.CH4O/c1-56(2)36-80-24-22-68(56)55(78)53-45-35-81-47-30-46(79-3)43(29-44(47)54(45)69(62-53)42-27-38(57)26-39(58)28-42)37-5-4-6-41(25-37)61-48(71)7-10-59-49(72)31-64-11-8-40(9-12-64)60-50(73)32-65-17-19-66(33-51(74)75)15-13-63(21-23-70)14-16-67(20-18-65)34-52(76)77;1-2/h4-6,23,25-30,40H,7-22,24,31-36H2,1-3H3,(H,59,72)(H,60,73)(H,61,71)(H,74,75)(H,76,77);2H,1H3. The van der Waals surface area contributed by atoms with Crippen molar-refractivity contribution in [2.24, 2.45) is 0 Å². The van der Waals surface area contributed by atoms with Crippen molar-refractivity contribution in [2.75, 3.05) is 144 Å². The second-order valence-corrected chi connectivity index (χ2v) is 22.2. The number of carbonyl (C=O) groups excluding carboxylic acids is 5. The van der Waals surface area contributed by atoms with Crippen molar-refractivity contribution < 1.29 is 63.1 Å². The number of methoxy groups -OCH3 is 1. The zero-order valence-electron chi connectivity index (χ0n) is 47.4. The first-order valence-corrected chi connectivity index (χ1v) is 28.3. The van der Waals surface area contributed by atoms with Crippen molar-refractivity contribution in [3.63, 3.8) is 0 Å². The summed E-state index contributed by atoms with van der Waals surface area (Å²) in [7, 11) is 2.56. The number of carboxylic acid groups (broad SMARTS) is 2. The van der Waals surface area contributed by atoms with Gasteiger partial charge in [0.05, 0.1) is 70.0 Å². The second kappa shape index (κ2) is 30.2. The van der Waals surface area contributed by atoms with Gasteiger partial charge < -0.3 is 55.2 Å². The third-order valence-electron chi connectivity index (χ3n) is 14.9. The van der Waals surface area contributed by atoms with Crippen LogP contribution in [-0.2, 0) is 40.1 Å². The SMILES string of the molecule is CO.COc1cc2c(cc1-c1cccc(NC(=O)CCNC(=O)CN3CCC(NC(=O)CN4CCN(CC(=O)O)CCN(CC=O)CCN(CC(=O)O)CC4)CC3)c1)-c1c(c(C(=O)N3CCOCC3(C)C)nn1-c1cc(Cl)cc(Cl)c1)CO2. The van der Waals surface area contributed by atoms with Crippen LogP contribution in [0.5, 0.6) is 11.5 Å². The molecular weight excluding hydrogens is 1120 g/mol. The molecule has 0 bridgehead atoms. The van der Waals surface area contributed by atoms with Crippen LogP contribution in [0.1, 0.15) is 49.2 Å². The number of aromatic nitrogens is 2. The quantitative estimate of drug-likeness (QED) is 0.0737. The Balaban J connectivity index is 0.00000490. The summed E-state index contributed by atoms with van der Waals surface area (Å²) in [6.45, 7) is 9.39. The zero-order chi connectivity index (χ0) is 59.8. The lowest BCUT2D eigenvalue weighted by molar-refractivity contribution is -0.139. The minimum atomic E-state index is -0.983. The predicted octanol–water partition coefficient (Wildman–Crippen LogP) is 2.89. The van der Waals surface area contributed by atoms with Crippen molar-refractivity contribution in [3.05, 3.63) is 75.9 Å². The van der Waals surface area contributed by atoms with E-state index in [0.717, 1.165) is 13.4 Å². The highest BCUT2D eigenvalue weighted by Crippen LogP contribution is 2.47. The Labute approximate surface area is 492 Å². The number of hydrogen-bond donors (Lipinski definition) is 6. The molecule has 0 spiro atoms. The average Bonchev–Trinajstić information content (AvgIpc) is 2.07. The smallest absolute Gasteiger partial charge is 0.317 e. The lowest BCUT2D eigenvalue weighted by Gasteiger charge is -2.41. The molecule has 0 aliphatic carbocycles. The maximum Gasteiger partial charge on any atom is 0.317 e. The number of carbonyl (C=O) groups is 7. The molecule has 3 saturated heterocycles. The number of piperidine rings is 1. The summed E-state index contributed by atoms with van der Waals surface area (Å²) in [6, 6.07) is 15.9. The number of anilines is 1. The molecule has 8 rings (SSSR count). The van der Waals surface area contributed by atoms with E-state index < -0.39 is 17.5 Å². The lowest BCUT2D eigenvalue weighted by atomic mass is 9.95. The summed E-state index contributed by atoms with van der Waals surface area (Å²) >= 11 is 13.0. The van der Waals surface area contributed by atoms with Gasteiger partial charge in [-0.3, -0.25) is 53.3 Å². The van der Waals surface area contributed by atoms with E-state index in [1.54, 1.807) is 56.8 Å². The fourth-order valence-corrected chi connectivity index (χ4v) is 11.2. The Bertz CT molecular complexity index is 2900. The van der Waals surface area contributed by atoms with E-state index in [1.807, 2.05) is 52.8 Å². The number of aliphatic hydroxyl groups excluding tert-OH is 1. The van der Waals surface area contributed by atoms with E-state index in [4.69, 9.17) is 47.6 Å². The molecule has 4 aliphatic heterocycles. The number of aliphatic carboxylic acids is 2. The molecule has 0 saturated carbocycles. The van der Waals surface area contributed by atoms with Gasteiger partial charge in [0, 0.05) is 137 Å². The van der Waals surface area contributed by atoms with Crippen molar-refractivity contribution in [3.8, 4) is 39.6 Å². The first kappa shape index (κ1) is 63.8. The van der Waals surface area contributed by atoms with Crippen LogP contribution in [0.4, 0.5) is 5.69 Å². The summed E-state index contributed by atoms with van der Waals surface area (Å²) in [5.41, 5.74) is 3.95. The highest BCUT2D eigenvalue weighted by atomic mass is 35.5. The summed E-state index contributed by atoms with van der Waals surface area (Å²) < 4.78 is 19.6. The van der Waals surface area contributed by atoms with Crippen molar-refractivity contribution >= 4 is 70.7 Å². The number of halogens is 2. The molecule has 6 N–H and O–H groups in total. The number of fused-ring (bicyclic) bond motifs is 3. The molecule has 24 nitrogen and oxygen atoms in total. The number of morpholine rings is 1. The second-order valence-electron chi connectivity index (χ2n) is 21.3. The molecule has 0 atom stereocenters. The topological polar surface area (TPSA) is 281 Å². The number of ether oxygens (including phenoxy) is 3. The number of amides is 4. The Morgan fingerprint density at radius 1 is 0.747 bits per heavy atom. The van der Waals surface area contributed by atoms with E-state index in [-0.39, 0.29) is 87.7 Å². The summed E-state index contributed by atoms with van der Waals surface area (Å²) in [5, 5.41) is 40.7. The number of hydrogen-bond acceptors (Lipinski definition) is 17. The summed E-state index contributed by atoms with van der Waals surface area (Å²) in [6.07, 6.45) is 2.02. The molecule has 0 unspecified atom stereocenters. The maximum absolute atomic E-state index is 14.4. The Hall–Kier alpha value is -6.74. The van der Waals surface area contributed by atoms with Crippen LogP contribution in [-0.4, -0.2) is 247 Å². The molecule has 1 aromatic heterocycles. The third kappa shape index (κ3) is 17.7. The van der Waals surface area contributed by atoms with Crippen LogP contribution >= 0.6 is 23.2 Å². The van der Waals surface area contributed by atoms with Gasteiger partial charge in [-0.25, -0.2) is 4.68 Å². The lowest BCUT2D eigenvalue weighted by Crippen LogP contribution is -2.55. The highest BCUT2D eigenvalue weighted by molar-refractivity contribution is 6.34. The maximum atomic E-state index is 14.4. The average molecular weight is 1190 g/mol. The number of rotatable bonds is 19. The van der Waals surface area contributed by atoms with E-state index in [9.17, 15) is 43.8 Å². The molecular formula is C57H75Cl2N11O13. The first-order chi connectivity index (χ1) is 39.9. The van der Waals surface area contributed by atoms with E-state index in [2.05, 4.69) is 16.0 Å². The number of nitrogens with zero attached hydrogens (tertiary/aromatic N) is 8. The molecule has 4 amide bonds. The van der Waals surface area contributed by atoms with Crippen LogP contribution in [0.25, 0.3) is 28.1 Å². The van der Waals surface area contributed by atoms with Gasteiger partial charge in [-0.1, -0.05) is 35.3 Å². The molecule has 450 valence electrons. The number of nitrogens with one attached hydrogen (secondary N) is 3. The van der Waals surface area contributed by atoms with Crippen LogP contribution in [0, 0.1) is 0 Å². The molecule has 4 aromatic rings. The van der Waals surface area contributed by atoms with Crippen molar-refractivity contribution in [1.29, 1.82) is 0 Å². The van der Waals surface area contributed by atoms with Gasteiger partial charge in [0.15, 0.2) is 5.69 Å². The van der Waals surface area contributed by atoms with Gasteiger partial charge in [0.2, 0.25) is 17.7 Å². The molecule has 0 radical (unpaired) electrons. The first-order valence-electron chi connectivity index (χ1n) is 27.6. The molecule has 4 aliphatic rings. The molecule has 26 heteroatoms. The molecule has 3 aromatic carbocycles. The number of aldehydes is 1. The van der Waals surface area contributed by atoms with Crippen LogP contribution in [0.2, 0.25) is 10.0 Å². The number of carboxylic acids is 2. The van der Waals surface area contributed by atoms with Gasteiger partial charge >= 0.3 is 11.9 Å². The minimum Gasteiger partial charge on any atom is -0.496 e. The largest absolute Gasteiger partial charge is 0.496 e. The van der Waals surface area contributed by atoms with Crippen molar-refractivity contribution in [2.45, 2.75) is 51.3 Å². The molecule has 5 heterocycles. The Morgan fingerprint density at radius 3 is 1.95 bits per heavy atom. The fraction of sp³-hybridized carbons (Fsp3) is 0.509. The van der Waals surface area contributed by atoms with Crippen LogP contribution in [0.15, 0.2) is 54.6 Å². The molecule has 3 fully saturated rings. The number of benzene rings is 3. The van der Waals surface area contributed by atoms with Crippen LogP contribution < -0.4 is 25.4 Å². The predicted molar refractivity (Wildman–Crippen MR) is 310 cm³/mol. The van der Waals surface area contributed by atoms with Gasteiger partial charge in [-0.05, 0) is 68.7 Å². The van der Waals surface area contributed by atoms with E-state index in [0.29, 0.717) is 159 Å². The van der Waals surface area contributed by atoms with Gasteiger partial charge in [0.25, 0.3) is 5.91 Å². The van der Waals surface area contributed by atoms with Crippen molar-refractivity contribution in [1.82, 2.24) is 49.8 Å². The zero-order valence-corrected chi connectivity index (χ0v) is 48.9. The fourth-order valence-electron chi connectivity index (χ4n) is 10.7. The van der Waals surface area contributed by atoms with Gasteiger partial charge in [0.1, 0.15) is 24.4 Å². The minimum absolute atomic E-state index is 0.0127.